The lowest BCUT2D eigenvalue weighted by Crippen LogP contribution is -2.36. The second-order valence-corrected chi connectivity index (χ2v) is 4.40. The van der Waals surface area contributed by atoms with Crippen LogP contribution in [0, 0.1) is 11.8 Å². The predicted octanol–water partition coefficient (Wildman–Crippen LogP) is 0.979. The van der Waals surface area contributed by atoms with Gasteiger partial charge in [0, 0.05) is 12.5 Å². The fourth-order valence-corrected chi connectivity index (χ4v) is 1.61. The van der Waals surface area contributed by atoms with E-state index in [1.807, 2.05) is 13.8 Å². The van der Waals surface area contributed by atoms with Gasteiger partial charge in [0.15, 0.2) is 0 Å². The SMILES string of the molecule is CCCC(CNC(=O)C(C)CCCN)C(=O)O. The van der Waals surface area contributed by atoms with Crippen molar-refractivity contribution in [3.63, 3.8) is 0 Å². The molecule has 5 heteroatoms. The second kappa shape index (κ2) is 8.98. The van der Waals surface area contributed by atoms with Gasteiger partial charge >= 0.3 is 5.97 Å². The zero-order chi connectivity index (χ0) is 13.3. The van der Waals surface area contributed by atoms with Crippen LogP contribution in [-0.2, 0) is 9.59 Å². The molecule has 2 atom stereocenters. The van der Waals surface area contributed by atoms with E-state index in [-0.39, 0.29) is 18.4 Å². The summed E-state index contributed by atoms with van der Waals surface area (Å²) in [6.07, 6.45) is 2.95. The van der Waals surface area contributed by atoms with Crippen molar-refractivity contribution in [2.45, 2.75) is 39.5 Å². The van der Waals surface area contributed by atoms with E-state index >= 15 is 0 Å². The van der Waals surface area contributed by atoms with Gasteiger partial charge in [0.25, 0.3) is 0 Å². The Hall–Kier alpha value is -1.10. The van der Waals surface area contributed by atoms with Crippen LogP contribution < -0.4 is 11.1 Å². The summed E-state index contributed by atoms with van der Waals surface area (Å²) < 4.78 is 0. The minimum atomic E-state index is -0.846. The molecule has 0 fully saturated rings. The van der Waals surface area contributed by atoms with Gasteiger partial charge < -0.3 is 16.2 Å². The standard InChI is InChI=1S/C12H24N2O3/c1-3-5-10(12(16)17)8-14-11(15)9(2)6-4-7-13/h9-10H,3-8,13H2,1-2H3,(H,14,15)(H,16,17). The lowest BCUT2D eigenvalue weighted by molar-refractivity contribution is -0.142. The minimum absolute atomic E-state index is 0.0826. The summed E-state index contributed by atoms with van der Waals surface area (Å²) in [4.78, 5) is 22.5. The maximum absolute atomic E-state index is 11.6. The van der Waals surface area contributed by atoms with Crippen molar-refractivity contribution in [3.8, 4) is 0 Å². The van der Waals surface area contributed by atoms with Crippen LogP contribution in [0.25, 0.3) is 0 Å². The first-order valence-corrected chi connectivity index (χ1v) is 6.23. The topological polar surface area (TPSA) is 92.4 Å². The molecule has 1 amide bonds. The summed E-state index contributed by atoms with van der Waals surface area (Å²) in [6, 6.07) is 0. The van der Waals surface area contributed by atoms with E-state index in [1.165, 1.54) is 0 Å². The quantitative estimate of drug-likeness (QED) is 0.563. The largest absolute Gasteiger partial charge is 0.481 e. The number of hydrogen-bond donors (Lipinski definition) is 3. The molecule has 2 unspecified atom stereocenters. The molecule has 100 valence electrons. The average molecular weight is 244 g/mol. The number of carbonyl (C=O) groups is 2. The van der Waals surface area contributed by atoms with Crippen molar-refractivity contribution in [3.05, 3.63) is 0 Å². The van der Waals surface area contributed by atoms with Gasteiger partial charge in [0.05, 0.1) is 5.92 Å². The Kier molecular flexibility index (Phi) is 8.40. The first-order valence-electron chi connectivity index (χ1n) is 6.23. The van der Waals surface area contributed by atoms with Gasteiger partial charge in [-0.2, -0.15) is 0 Å². The third-order valence-electron chi connectivity index (χ3n) is 2.80. The molecule has 4 N–H and O–H groups in total. The molecule has 0 aliphatic rings. The average Bonchev–Trinajstić information content (AvgIpc) is 2.30. The Labute approximate surface area is 103 Å². The Balaban J connectivity index is 3.98. The van der Waals surface area contributed by atoms with Crippen molar-refractivity contribution >= 4 is 11.9 Å². The molecule has 0 saturated heterocycles. The van der Waals surface area contributed by atoms with E-state index in [0.717, 1.165) is 19.3 Å². The molecule has 5 nitrogen and oxygen atoms in total. The summed E-state index contributed by atoms with van der Waals surface area (Å²) >= 11 is 0. The molecule has 0 spiro atoms. The van der Waals surface area contributed by atoms with Crippen LogP contribution >= 0.6 is 0 Å². The molecule has 0 aromatic carbocycles. The molecular weight excluding hydrogens is 220 g/mol. The molecule has 0 heterocycles. The molecule has 0 aromatic heterocycles. The Bertz CT molecular complexity index is 244. The van der Waals surface area contributed by atoms with Gasteiger partial charge in [-0.3, -0.25) is 9.59 Å². The number of nitrogens with one attached hydrogen (secondary N) is 1. The highest BCUT2D eigenvalue weighted by atomic mass is 16.4. The van der Waals surface area contributed by atoms with Crippen LogP contribution in [-0.4, -0.2) is 30.1 Å². The molecule has 0 saturated carbocycles. The van der Waals surface area contributed by atoms with Crippen LogP contribution in [0.15, 0.2) is 0 Å². The number of amides is 1. The van der Waals surface area contributed by atoms with Crippen LogP contribution in [0.2, 0.25) is 0 Å². The smallest absolute Gasteiger partial charge is 0.308 e. The maximum Gasteiger partial charge on any atom is 0.308 e. The van der Waals surface area contributed by atoms with Crippen LogP contribution in [0.1, 0.15) is 39.5 Å². The summed E-state index contributed by atoms with van der Waals surface area (Å²) in [5.41, 5.74) is 5.37. The van der Waals surface area contributed by atoms with Crippen LogP contribution in [0.3, 0.4) is 0 Å². The fraction of sp³-hybridized carbons (Fsp3) is 0.833. The fourth-order valence-electron chi connectivity index (χ4n) is 1.61. The molecule has 0 aliphatic heterocycles. The maximum atomic E-state index is 11.6. The normalized spacial score (nSPS) is 14.1. The minimum Gasteiger partial charge on any atom is -0.481 e. The van der Waals surface area contributed by atoms with Crippen molar-refractivity contribution in [1.29, 1.82) is 0 Å². The summed E-state index contributed by atoms with van der Waals surface area (Å²) in [5.74, 6) is -1.51. The number of carbonyl (C=O) groups excluding carboxylic acids is 1. The van der Waals surface area contributed by atoms with E-state index < -0.39 is 11.9 Å². The van der Waals surface area contributed by atoms with E-state index in [2.05, 4.69) is 5.32 Å². The number of rotatable bonds is 9. The zero-order valence-electron chi connectivity index (χ0n) is 10.7. The summed E-state index contributed by atoms with van der Waals surface area (Å²) in [5, 5.41) is 11.6. The Morgan fingerprint density at radius 2 is 2.00 bits per heavy atom. The summed E-state index contributed by atoms with van der Waals surface area (Å²) in [7, 11) is 0. The van der Waals surface area contributed by atoms with Gasteiger partial charge in [-0.1, -0.05) is 20.3 Å². The highest BCUT2D eigenvalue weighted by Crippen LogP contribution is 2.08. The van der Waals surface area contributed by atoms with E-state index in [9.17, 15) is 9.59 Å². The zero-order valence-corrected chi connectivity index (χ0v) is 10.7. The van der Waals surface area contributed by atoms with Crippen molar-refractivity contribution in [2.75, 3.05) is 13.1 Å². The molecule has 0 aromatic rings. The van der Waals surface area contributed by atoms with Gasteiger partial charge in [0.1, 0.15) is 0 Å². The van der Waals surface area contributed by atoms with Crippen molar-refractivity contribution < 1.29 is 14.7 Å². The van der Waals surface area contributed by atoms with Crippen LogP contribution in [0.4, 0.5) is 0 Å². The lowest BCUT2D eigenvalue weighted by Gasteiger charge is -2.15. The van der Waals surface area contributed by atoms with E-state index in [4.69, 9.17) is 10.8 Å². The van der Waals surface area contributed by atoms with Crippen molar-refractivity contribution in [1.82, 2.24) is 5.32 Å². The lowest BCUT2D eigenvalue weighted by atomic mass is 10.0. The van der Waals surface area contributed by atoms with E-state index in [1.54, 1.807) is 0 Å². The number of aliphatic carboxylic acids is 1. The third-order valence-corrected chi connectivity index (χ3v) is 2.80. The Morgan fingerprint density at radius 3 is 2.47 bits per heavy atom. The number of hydrogen-bond acceptors (Lipinski definition) is 3. The van der Waals surface area contributed by atoms with E-state index in [0.29, 0.717) is 13.0 Å². The number of carboxylic acids is 1. The van der Waals surface area contributed by atoms with Crippen LogP contribution in [0.5, 0.6) is 0 Å². The first-order chi connectivity index (χ1) is 8.02. The number of nitrogens with two attached hydrogens (primary N) is 1. The monoisotopic (exact) mass is 244 g/mol. The Morgan fingerprint density at radius 1 is 1.35 bits per heavy atom. The predicted molar refractivity (Wildman–Crippen MR) is 66.5 cm³/mol. The van der Waals surface area contributed by atoms with Gasteiger partial charge in [-0.15, -0.1) is 0 Å². The third kappa shape index (κ3) is 6.94. The molecule has 0 aliphatic carbocycles. The van der Waals surface area contributed by atoms with Crippen molar-refractivity contribution in [2.24, 2.45) is 17.6 Å². The van der Waals surface area contributed by atoms with Gasteiger partial charge in [-0.25, -0.2) is 0 Å². The second-order valence-electron chi connectivity index (χ2n) is 4.40. The highest BCUT2D eigenvalue weighted by Gasteiger charge is 2.19. The van der Waals surface area contributed by atoms with Gasteiger partial charge in [0.2, 0.25) is 5.91 Å². The molecule has 17 heavy (non-hydrogen) atoms. The number of carboxylic acid groups (broad SMARTS) is 1. The molecule has 0 radical (unpaired) electrons. The molecule has 0 rings (SSSR count). The van der Waals surface area contributed by atoms with Gasteiger partial charge in [-0.05, 0) is 25.8 Å². The molecular formula is C12H24N2O3. The molecule has 0 bridgehead atoms. The highest BCUT2D eigenvalue weighted by molar-refractivity contribution is 5.79. The summed E-state index contributed by atoms with van der Waals surface area (Å²) in [6.45, 7) is 4.56. The first kappa shape index (κ1) is 15.9.